The van der Waals surface area contributed by atoms with Crippen LogP contribution in [0.2, 0.25) is 0 Å². The van der Waals surface area contributed by atoms with Crippen LogP contribution in [0, 0.1) is 0 Å². The van der Waals surface area contributed by atoms with Crippen molar-refractivity contribution in [3.05, 3.63) is 59.7 Å². The molecular weight excluding hydrogens is 428 g/mol. The molecule has 1 N–H and O–H groups in total. The van der Waals surface area contributed by atoms with E-state index in [9.17, 15) is 14.4 Å². The van der Waals surface area contributed by atoms with Crippen LogP contribution in [0.4, 0.5) is 11.4 Å². The van der Waals surface area contributed by atoms with Gasteiger partial charge in [0.1, 0.15) is 12.2 Å². The Morgan fingerprint density at radius 3 is 2.62 bits per heavy atom. The van der Waals surface area contributed by atoms with Crippen LogP contribution in [0.3, 0.4) is 0 Å². The van der Waals surface area contributed by atoms with E-state index in [-0.39, 0.29) is 24.3 Å². The first-order valence-corrected chi connectivity index (χ1v) is 12.2. The molecule has 2 unspecified atom stereocenters. The molecule has 3 heterocycles. The van der Waals surface area contributed by atoms with Crippen molar-refractivity contribution < 1.29 is 14.4 Å². The molecule has 3 amide bonds. The lowest BCUT2D eigenvalue weighted by atomic mass is 9.98. The highest BCUT2D eigenvalue weighted by molar-refractivity contribution is 6.11. The Morgan fingerprint density at radius 1 is 1.09 bits per heavy atom. The van der Waals surface area contributed by atoms with Gasteiger partial charge in [-0.2, -0.15) is 0 Å². The zero-order chi connectivity index (χ0) is 23.9. The van der Waals surface area contributed by atoms with Crippen molar-refractivity contribution in [1.29, 1.82) is 0 Å². The maximum absolute atomic E-state index is 13.3. The van der Waals surface area contributed by atoms with Gasteiger partial charge >= 0.3 is 0 Å². The van der Waals surface area contributed by atoms with Gasteiger partial charge in [0.05, 0.1) is 11.3 Å². The van der Waals surface area contributed by atoms with Gasteiger partial charge < -0.3 is 10.2 Å². The van der Waals surface area contributed by atoms with Crippen LogP contribution in [0.15, 0.2) is 48.5 Å². The van der Waals surface area contributed by atoms with Gasteiger partial charge in [-0.3, -0.25) is 24.2 Å². The first kappa shape index (κ1) is 22.6. The number of nitrogens with zero attached hydrogens (tertiary/aromatic N) is 3. The summed E-state index contributed by atoms with van der Waals surface area (Å²) in [4.78, 5) is 44.7. The van der Waals surface area contributed by atoms with Gasteiger partial charge in [0.15, 0.2) is 0 Å². The molecule has 34 heavy (non-hydrogen) atoms. The second-order valence-corrected chi connectivity index (χ2v) is 9.91. The molecule has 2 aromatic rings. The molecule has 0 bridgehead atoms. The fourth-order valence-electron chi connectivity index (χ4n) is 5.61. The lowest BCUT2D eigenvalue weighted by Crippen LogP contribution is -2.63. The molecule has 2 aromatic carbocycles. The van der Waals surface area contributed by atoms with E-state index in [1.165, 1.54) is 24.8 Å². The number of piperidine rings is 1. The Balaban J connectivity index is 1.28. The normalized spacial score (nSPS) is 24.7. The number of carbonyl (C=O) groups is 3. The largest absolute Gasteiger partial charge is 0.325 e. The van der Waals surface area contributed by atoms with Gasteiger partial charge in [-0.15, -0.1) is 0 Å². The number of nitrogens with one attached hydrogen (secondary N) is 1. The van der Waals surface area contributed by atoms with Gasteiger partial charge in [-0.05, 0) is 69.5 Å². The number of para-hydroxylation sites is 1. The predicted molar refractivity (Wildman–Crippen MR) is 131 cm³/mol. The van der Waals surface area contributed by atoms with Crippen molar-refractivity contribution in [2.75, 3.05) is 23.3 Å². The SMILES string of the molecule is CC1CCCCN1Cc1ccc(NC(=O)CN2C(=O)c3ccccc3N3C(=O)CCC23C)cc1. The van der Waals surface area contributed by atoms with E-state index in [4.69, 9.17) is 0 Å². The fraction of sp³-hybridized carbons (Fsp3) is 0.444. The molecule has 3 aliphatic rings. The van der Waals surface area contributed by atoms with Crippen LogP contribution in [-0.2, 0) is 16.1 Å². The molecule has 7 nitrogen and oxygen atoms in total. The minimum atomic E-state index is -0.838. The summed E-state index contributed by atoms with van der Waals surface area (Å²) in [5, 5.41) is 2.93. The number of amides is 3. The first-order valence-electron chi connectivity index (χ1n) is 12.2. The van der Waals surface area contributed by atoms with E-state index >= 15 is 0 Å². The van der Waals surface area contributed by atoms with Gasteiger partial charge in [-0.1, -0.05) is 30.7 Å². The summed E-state index contributed by atoms with van der Waals surface area (Å²) in [5.41, 5.74) is 2.18. The molecular formula is C27H32N4O3. The molecule has 0 aliphatic carbocycles. The van der Waals surface area contributed by atoms with Gasteiger partial charge in [0.25, 0.3) is 5.91 Å². The zero-order valence-electron chi connectivity index (χ0n) is 19.9. The summed E-state index contributed by atoms with van der Waals surface area (Å²) >= 11 is 0. The van der Waals surface area contributed by atoms with E-state index in [0.29, 0.717) is 35.8 Å². The Hall–Kier alpha value is -3.19. The molecule has 7 heteroatoms. The maximum atomic E-state index is 13.3. The molecule has 5 rings (SSSR count). The Bertz CT molecular complexity index is 1120. The van der Waals surface area contributed by atoms with Crippen molar-refractivity contribution in [3.8, 4) is 0 Å². The van der Waals surface area contributed by atoms with E-state index < -0.39 is 5.66 Å². The van der Waals surface area contributed by atoms with Crippen LogP contribution in [0.5, 0.6) is 0 Å². The third-order valence-corrected chi connectivity index (χ3v) is 7.61. The van der Waals surface area contributed by atoms with Crippen LogP contribution in [0.1, 0.15) is 61.9 Å². The van der Waals surface area contributed by atoms with Gasteiger partial charge in [0, 0.05) is 24.7 Å². The molecule has 0 spiro atoms. The third-order valence-electron chi connectivity index (χ3n) is 7.61. The monoisotopic (exact) mass is 460 g/mol. The van der Waals surface area contributed by atoms with E-state index in [0.717, 1.165) is 13.1 Å². The Morgan fingerprint density at radius 2 is 1.85 bits per heavy atom. The number of carbonyl (C=O) groups excluding carboxylic acids is 3. The summed E-state index contributed by atoms with van der Waals surface area (Å²) in [5.74, 6) is -0.512. The fourth-order valence-corrected chi connectivity index (χ4v) is 5.61. The number of benzene rings is 2. The first-order chi connectivity index (χ1) is 16.4. The third kappa shape index (κ3) is 3.98. The molecule has 178 valence electrons. The lowest BCUT2D eigenvalue weighted by Gasteiger charge is -2.48. The maximum Gasteiger partial charge on any atom is 0.258 e. The minimum absolute atomic E-state index is 0.0218. The van der Waals surface area contributed by atoms with Crippen LogP contribution < -0.4 is 10.2 Å². The highest BCUT2D eigenvalue weighted by Gasteiger charge is 2.53. The number of hydrogen-bond donors (Lipinski definition) is 1. The molecule has 2 saturated heterocycles. The summed E-state index contributed by atoms with van der Waals surface area (Å²) in [6.45, 7) is 6.09. The highest BCUT2D eigenvalue weighted by atomic mass is 16.2. The van der Waals surface area contributed by atoms with E-state index in [2.05, 4.69) is 29.3 Å². The molecule has 0 saturated carbocycles. The predicted octanol–water partition coefficient (Wildman–Crippen LogP) is 4.00. The summed E-state index contributed by atoms with van der Waals surface area (Å²) in [7, 11) is 0. The number of hydrogen-bond acceptors (Lipinski definition) is 4. The topological polar surface area (TPSA) is 73.0 Å². The van der Waals surface area contributed by atoms with E-state index in [1.54, 1.807) is 28.0 Å². The van der Waals surface area contributed by atoms with Crippen LogP contribution in [0.25, 0.3) is 0 Å². The lowest BCUT2D eigenvalue weighted by molar-refractivity contribution is -0.120. The number of likely N-dealkylation sites (tertiary alicyclic amines) is 1. The number of anilines is 2. The molecule has 3 aliphatic heterocycles. The summed E-state index contributed by atoms with van der Waals surface area (Å²) < 4.78 is 0. The van der Waals surface area contributed by atoms with Gasteiger partial charge in [0.2, 0.25) is 11.8 Å². The molecule has 0 radical (unpaired) electrons. The van der Waals surface area contributed by atoms with Crippen LogP contribution >= 0.6 is 0 Å². The minimum Gasteiger partial charge on any atom is -0.325 e. The zero-order valence-corrected chi connectivity index (χ0v) is 19.9. The van der Waals surface area contributed by atoms with Gasteiger partial charge in [-0.25, -0.2) is 0 Å². The van der Waals surface area contributed by atoms with Crippen molar-refractivity contribution in [1.82, 2.24) is 9.80 Å². The number of fused-ring (bicyclic) bond motifs is 3. The van der Waals surface area contributed by atoms with E-state index in [1.807, 2.05) is 25.1 Å². The Kier molecular flexibility index (Phi) is 5.90. The second kappa shape index (κ2) is 8.87. The average Bonchev–Trinajstić information content (AvgIpc) is 3.14. The molecule has 2 atom stereocenters. The number of rotatable bonds is 5. The quantitative estimate of drug-likeness (QED) is 0.732. The van der Waals surface area contributed by atoms with Crippen molar-refractivity contribution in [3.63, 3.8) is 0 Å². The van der Waals surface area contributed by atoms with Crippen molar-refractivity contribution in [2.24, 2.45) is 0 Å². The molecule has 0 aromatic heterocycles. The van der Waals surface area contributed by atoms with Crippen molar-refractivity contribution >= 4 is 29.1 Å². The Labute approximate surface area is 200 Å². The second-order valence-electron chi connectivity index (χ2n) is 9.91. The summed E-state index contributed by atoms with van der Waals surface area (Å²) in [6, 6.07) is 15.7. The standard InChI is InChI=1S/C27H32N4O3/c1-19-7-5-6-16-29(19)17-20-10-12-21(13-11-20)28-24(32)18-30-26(34)22-8-3-4-9-23(22)31-25(33)14-15-27(30,31)2/h3-4,8-13,19H,5-7,14-18H2,1-2H3,(H,28,32). The molecule has 2 fully saturated rings. The highest BCUT2D eigenvalue weighted by Crippen LogP contribution is 2.43. The summed E-state index contributed by atoms with van der Waals surface area (Å²) in [6.07, 6.45) is 4.66. The van der Waals surface area contributed by atoms with Crippen LogP contribution in [-0.4, -0.2) is 52.3 Å². The smallest absolute Gasteiger partial charge is 0.258 e. The average molecular weight is 461 g/mol. The van der Waals surface area contributed by atoms with Crippen molar-refractivity contribution in [2.45, 2.75) is 64.2 Å².